The molecule has 0 unspecified atom stereocenters. The van der Waals surface area contributed by atoms with E-state index in [1.165, 1.54) is 24.7 Å². The summed E-state index contributed by atoms with van der Waals surface area (Å²) >= 11 is 8.46. The summed E-state index contributed by atoms with van der Waals surface area (Å²) < 4.78 is 8.69. The molecule has 24 heavy (non-hydrogen) atoms. The number of ether oxygens (including phenoxy) is 1. The highest BCUT2D eigenvalue weighted by Gasteiger charge is 2.15. The van der Waals surface area contributed by atoms with E-state index >= 15 is 0 Å². The van der Waals surface area contributed by atoms with E-state index in [2.05, 4.69) is 36.8 Å². The number of hydrogen-bond acceptors (Lipinski definition) is 4. The van der Waals surface area contributed by atoms with Crippen molar-refractivity contribution in [1.29, 1.82) is 0 Å². The van der Waals surface area contributed by atoms with Gasteiger partial charge in [-0.25, -0.2) is 9.78 Å². The predicted molar refractivity (Wildman–Crippen MR) is 100 cm³/mol. The Labute approximate surface area is 158 Å². The molecule has 1 N–H and O–H groups in total. The van der Waals surface area contributed by atoms with Crippen LogP contribution in [0.15, 0.2) is 50.6 Å². The van der Waals surface area contributed by atoms with Gasteiger partial charge in [0.2, 0.25) is 0 Å². The number of nitrogens with zero attached hydrogens (tertiary/aromatic N) is 2. The van der Waals surface area contributed by atoms with E-state index in [0.29, 0.717) is 0 Å². The Balaban J connectivity index is 2.00. The standard InChI is InChI=1S/C16H12Br2N2O3S/c1-23-7-9(15(21)22)4-11-8-24-16-19-14(6-20(11)16)12-3-2-10(17)5-13(12)18/h2-3,5-8H,4H2,1H3,(H,21,22). The number of fused-ring (bicyclic) bond motifs is 1. The Morgan fingerprint density at radius 3 is 2.92 bits per heavy atom. The number of halogens is 2. The summed E-state index contributed by atoms with van der Waals surface area (Å²) in [5, 5.41) is 11.2. The molecule has 0 aliphatic carbocycles. The molecule has 0 aliphatic heterocycles. The van der Waals surface area contributed by atoms with Gasteiger partial charge < -0.3 is 9.84 Å². The fourth-order valence-corrected chi connectivity index (χ4v) is 4.41. The zero-order valence-corrected chi connectivity index (χ0v) is 16.5. The Kier molecular flexibility index (Phi) is 5.07. The lowest BCUT2D eigenvalue weighted by atomic mass is 10.1. The third-order valence-electron chi connectivity index (χ3n) is 3.40. The number of imidazole rings is 1. The van der Waals surface area contributed by atoms with Crippen molar-refractivity contribution in [3.05, 3.63) is 56.3 Å². The lowest BCUT2D eigenvalue weighted by molar-refractivity contribution is -0.132. The zero-order valence-electron chi connectivity index (χ0n) is 12.5. The number of benzene rings is 1. The molecule has 0 spiro atoms. The van der Waals surface area contributed by atoms with Crippen LogP contribution in [0, 0.1) is 0 Å². The highest BCUT2D eigenvalue weighted by atomic mass is 79.9. The maximum Gasteiger partial charge on any atom is 0.335 e. The van der Waals surface area contributed by atoms with Crippen LogP contribution < -0.4 is 0 Å². The Bertz CT molecular complexity index is 946. The number of thiazole rings is 1. The van der Waals surface area contributed by atoms with Crippen molar-refractivity contribution in [3.63, 3.8) is 0 Å². The van der Waals surface area contributed by atoms with E-state index in [9.17, 15) is 9.90 Å². The second kappa shape index (κ2) is 7.08. The topological polar surface area (TPSA) is 63.8 Å². The van der Waals surface area contributed by atoms with Gasteiger partial charge in [-0.05, 0) is 12.1 Å². The van der Waals surface area contributed by atoms with Crippen LogP contribution in [0.1, 0.15) is 5.69 Å². The van der Waals surface area contributed by atoms with Gasteiger partial charge in [-0.3, -0.25) is 4.40 Å². The van der Waals surface area contributed by atoms with Gasteiger partial charge in [-0.15, -0.1) is 11.3 Å². The molecule has 0 saturated heterocycles. The molecule has 2 aromatic heterocycles. The first-order valence-corrected chi connectivity index (χ1v) is 9.32. The number of carbonyl (C=O) groups is 1. The molecular weight excluding hydrogens is 460 g/mol. The molecule has 2 heterocycles. The van der Waals surface area contributed by atoms with Crippen LogP contribution in [0.3, 0.4) is 0 Å². The third kappa shape index (κ3) is 3.40. The molecule has 0 fully saturated rings. The number of aromatic nitrogens is 2. The molecule has 124 valence electrons. The Hall–Kier alpha value is -1.64. The summed E-state index contributed by atoms with van der Waals surface area (Å²) in [6.45, 7) is 0. The van der Waals surface area contributed by atoms with E-state index in [-0.39, 0.29) is 12.0 Å². The monoisotopic (exact) mass is 470 g/mol. The number of aliphatic carboxylic acids is 1. The second-order valence-electron chi connectivity index (χ2n) is 4.99. The van der Waals surface area contributed by atoms with Crippen molar-refractivity contribution >= 4 is 54.1 Å². The SMILES string of the molecule is COC=C(Cc1csc2nc(-c3ccc(Br)cc3Br)cn12)C(=O)O. The van der Waals surface area contributed by atoms with E-state index in [0.717, 1.165) is 30.9 Å². The number of carboxylic acid groups (broad SMARTS) is 1. The summed E-state index contributed by atoms with van der Waals surface area (Å²) in [4.78, 5) is 16.7. The van der Waals surface area contributed by atoms with Crippen LogP contribution in [-0.2, 0) is 16.0 Å². The van der Waals surface area contributed by atoms with Crippen LogP contribution in [0.4, 0.5) is 0 Å². The van der Waals surface area contributed by atoms with Crippen molar-refractivity contribution in [3.8, 4) is 11.3 Å². The zero-order chi connectivity index (χ0) is 17.3. The molecule has 0 atom stereocenters. The van der Waals surface area contributed by atoms with Gasteiger partial charge in [0.1, 0.15) is 0 Å². The van der Waals surface area contributed by atoms with Crippen molar-refractivity contribution in [2.24, 2.45) is 0 Å². The number of carboxylic acids is 1. The van der Waals surface area contributed by atoms with E-state index in [1.807, 2.05) is 34.2 Å². The second-order valence-corrected chi connectivity index (χ2v) is 7.60. The summed E-state index contributed by atoms with van der Waals surface area (Å²) in [5.41, 5.74) is 2.85. The molecule has 0 bridgehead atoms. The average Bonchev–Trinajstić information content (AvgIpc) is 3.08. The maximum absolute atomic E-state index is 11.3. The van der Waals surface area contributed by atoms with Gasteiger partial charge in [-0.1, -0.05) is 37.9 Å². The smallest absolute Gasteiger partial charge is 0.335 e. The Morgan fingerprint density at radius 2 is 2.25 bits per heavy atom. The van der Waals surface area contributed by atoms with Crippen molar-refractivity contribution in [2.75, 3.05) is 7.11 Å². The minimum absolute atomic E-state index is 0.192. The van der Waals surface area contributed by atoms with Crippen molar-refractivity contribution in [2.45, 2.75) is 6.42 Å². The molecule has 1 aromatic carbocycles. The molecule has 3 aromatic rings. The van der Waals surface area contributed by atoms with Gasteiger partial charge in [0, 0.05) is 38.2 Å². The van der Waals surface area contributed by atoms with Gasteiger partial charge in [-0.2, -0.15) is 0 Å². The van der Waals surface area contributed by atoms with E-state index in [4.69, 9.17) is 4.74 Å². The normalized spacial score (nSPS) is 11.9. The minimum atomic E-state index is -0.993. The van der Waals surface area contributed by atoms with Crippen molar-refractivity contribution < 1.29 is 14.6 Å². The fourth-order valence-electron chi connectivity index (χ4n) is 2.29. The van der Waals surface area contributed by atoms with Gasteiger partial charge in [0.15, 0.2) is 4.96 Å². The van der Waals surface area contributed by atoms with Crippen LogP contribution >= 0.6 is 43.2 Å². The average molecular weight is 472 g/mol. The van der Waals surface area contributed by atoms with Crippen LogP contribution in [0.25, 0.3) is 16.2 Å². The largest absolute Gasteiger partial charge is 0.504 e. The fraction of sp³-hybridized carbons (Fsp3) is 0.125. The number of hydrogen-bond donors (Lipinski definition) is 1. The lowest BCUT2D eigenvalue weighted by Crippen LogP contribution is -2.05. The summed E-state index contributed by atoms with van der Waals surface area (Å²) in [5.74, 6) is -0.993. The van der Waals surface area contributed by atoms with Crippen LogP contribution in [-0.4, -0.2) is 27.6 Å². The summed E-state index contributed by atoms with van der Waals surface area (Å²) in [6, 6.07) is 5.90. The van der Waals surface area contributed by atoms with E-state index in [1.54, 1.807) is 0 Å². The first-order chi connectivity index (χ1) is 11.5. The first-order valence-electron chi connectivity index (χ1n) is 6.85. The Morgan fingerprint density at radius 1 is 1.46 bits per heavy atom. The quantitative estimate of drug-likeness (QED) is 0.431. The molecule has 0 aliphatic rings. The van der Waals surface area contributed by atoms with Crippen LogP contribution in [0.2, 0.25) is 0 Å². The lowest BCUT2D eigenvalue weighted by Gasteiger charge is -2.02. The molecule has 0 saturated carbocycles. The minimum Gasteiger partial charge on any atom is -0.504 e. The highest BCUT2D eigenvalue weighted by molar-refractivity contribution is 9.11. The first kappa shape index (κ1) is 17.2. The molecular formula is C16H12Br2N2O3S. The third-order valence-corrected chi connectivity index (χ3v) is 5.43. The molecule has 3 rings (SSSR count). The number of methoxy groups -OCH3 is 1. The van der Waals surface area contributed by atoms with E-state index < -0.39 is 5.97 Å². The molecule has 0 radical (unpaired) electrons. The predicted octanol–water partition coefficient (Wildman–Crippen LogP) is 4.75. The van der Waals surface area contributed by atoms with Gasteiger partial charge in [0.05, 0.1) is 24.6 Å². The summed E-state index contributed by atoms with van der Waals surface area (Å²) in [7, 11) is 1.44. The number of rotatable bonds is 5. The maximum atomic E-state index is 11.3. The van der Waals surface area contributed by atoms with Gasteiger partial charge >= 0.3 is 5.97 Å². The molecule has 8 heteroatoms. The van der Waals surface area contributed by atoms with Crippen LogP contribution in [0.5, 0.6) is 0 Å². The summed E-state index contributed by atoms with van der Waals surface area (Å²) in [6.07, 6.45) is 3.44. The van der Waals surface area contributed by atoms with Gasteiger partial charge in [0.25, 0.3) is 0 Å². The molecule has 0 amide bonds. The molecule has 5 nitrogen and oxygen atoms in total. The highest BCUT2D eigenvalue weighted by Crippen LogP contribution is 2.32. The van der Waals surface area contributed by atoms with Crippen molar-refractivity contribution in [1.82, 2.24) is 9.38 Å².